The van der Waals surface area contributed by atoms with Crippen molar-refractivity contribution in [1.82, 2.24) is 0 Å². The van der Waals surface area contributed by atoms with E-state index in [-0.39, 0.29) is 25.7 Å². The van der Waals surface area contributed by atoms with Crippen LogP contribution >= 0.6 is 0 Å². The van der Waals surface area contributed by atoms with Gasteiger partial charge in [-0.3, -0.25) is 19.2 Å². The van der Waals surface area contributed by atoms with E-state index in [1.807, 2.05) is 24.3 Å². The van der Waals surface area contributed by atoms with Gasteiger partial charge in [-0.1, -0.05) is 49.9 Å². The second-order valence-corrected chi connectivity index (χ2v) is 7.63. The number of hydrogen-bond acceptors (Lipinski definition) is 6. The average Bonchev–Trinajstić information content (AvgIpc) is 2.78. The van der Waals surface area contributed by atoms with Crippen LogP contribution in [0.3, 0.4) is 0 Å². The fourth-order valence-electron chi connectivity index (χ4n) is 2.70. The number of carbonyl (C=O) groups is 4. The minimum atomic E-state index is -0.870. The van der Waals surface area contributed by atoms with Crippen LogP contribution in [0, 0.1) is 0 Å². The lowest BCUT2D eigenvalue weighted by molar-refractivity contribution is -0.139. The summed E-state index contributed by atoms with van der Waals surface area (Å²) in [4.78, 5) is 40.1. The van der Waals surface area contributed by atoms with Crippen LogP contribution < -0.4 is 11.5 Å². The first-order valence-electron chi connectivity index (χ1n) is 11.5. The van der Waals surface area contributed by atoms with E-state index in [0.29, 0.717) is 25.9 Å². The zero-order chi connectivity index (χ0) is 26.2. The third-order valence-corrected chi connectivity index (χ3v) is 4.53. The van der Waals surface area contributed by atoms with Gasteiger partial charge in [-0.2, -0.15) is 0 Å². The third-order valence-electron chi connectivity index (χ3n) is 4.53. The summed E-state index contributed by atoms with van der Waals surface area (Å²) < 4.78 is 0. The maximum Gasteiger partial charge on any atom is 0.303 e. The largest absolute Gasteiger partial charge is 0.481 e. The van der Waals surface area contributed by atoms with Gasteiger partial charge in [0.15, 0.2) is 0 Å². The second-order valence-electron chi connectivity index (χ2n) is 7.63. The van der Waals surface area contributed by atoms with Gasteiger partial charge in [0.2, 0.25) is 0 Å². The van der Waals surface area contributed by atoms with Crippen molar-refractivity contribution in [3.05, 3.63) is 35.4 Å². The van der Waals surface area contributed by atoms with Gasteiger partial charge in [-0.25, -0.2) is 0 Å². The summed E-state index contributed by atoms with van der Waals surface area (Å²) >= 11 is 0. The predicted octanol–water partition coefficient (Wildman–Crippen LogP) is 3.60. The molecule has 0 amide bonds. The predicted molar refractivity (Wildman–Crippen MR) is 128 cm³/mol. The summed E-state index contributed by atoms with van der Waals surface area (Å²) in [6.45, 7) is 1.18. The van der Waals surface area contributed by atoms with Gasteiger partial charge < -0.3 is 31.9 Å². The topological polar surface area (TPSA) is 201 Å². The first-order chi connectivity index (χ1) is 16.1. The molecule has 1 aromatic carbocycles. The SMILES string of the molecule is NCc1cccc(CN)c1.O=C(O)CCCCC(=O)O.O=C(O)CCCCCCCCC(=O)O. The molecule has 0 aliphatic carbocycles. The molecule has 0 radical (unpaired) electrons. The highest BCUT2D eigenvalue weighted by atomic mass is 16.4. The number of hydrogen-bond donors (Lipinski definition) is 6. The lowest BCUT2D eigenvalue weighted by Gasteiger charge is -1.98. The van der Waals surface area contributed by atoms with Gasteiger partial charge in [0.25, 0.3) is 0 Å². The van der Waals surface area contributed by atoms with Crippen LogP contribution in [0.4, 0.5) is 0 Å². The zero-order valence-corrected chi connectivity index (χ0v) is 19.8. The van der Waals surface area contributed by atoms with Crippen LogP contribution in [0.25, 0.3) is 0 Å². The molecule has 10 nitrogen and oxygen atoms in total. The summed E-state index contributed by atoms with van der Waals surface area (Å²) in [6, 6.07) is 8.00. The number of carboxylic acid groups (broad SMARTS) is 4. The Labute approximate surface area is 201 Å². The van der Waals surface area contributed by atoms with Crippen molar-refractivity contribution in [2.24, 2.45) is 11.5 Å². The Bertz CT molecular complexity index is 655. The molecule has 0 spiro atoms. The molecule has 0 aliphatic rings. The molecule has 0 heterocycles. The number of unbranched alkanes of at least 4 members (excludes halogenated alkanes) is 6. The molecule has 0 saturated heterocycles. The van der Waals surface area contributed by atoms with E-state index in [4.69, 9.17) is 31.9 Å². The molecule has 0 atom stereocenters. The normalized spacial score (nSPS) is 9.71. The number of rotatable bonds is 16. The Balaban J connectivity index is 0. The molecule has 10 heteroatoms. The third kappa shape index (κ3) is 27.1. The summed E-state index contributed by atoms with van der Waals surface area (Å²) in [6.07, 6.45) is 6.84. The Morgan fingerprint density at radius 2 is 0.794 bits per heavy atom. The highest BCUT2D eigenvalue weighted by Gasteiger charge is 1.99. The molecule has 1 aromatic rings. The molecule has 0 fully saturated rings. The standard InChI is InChI=1S/C10H18O4.C8H12N2.C6H10O4/c11-9(12)7-5-3-1-2-4-6-8-10(13)14;9-5-7-2-1-3-8(4-7)6-10;7-5(8)3-1-2-4-6(9)10/h1-8H2,(H,11,12)(H,13,14);1-4H,5-6,9-10H2;1-4H2,(H,7,8)(H,9,10). The van der Waals surface area contributed by atoms with Gasteiger partial charge in [0.1, 0.15) is 0 Å². The van der Waals surface area contributed by atoms with Crippen LogP contribution in [0.2, 0.25) is 0 Å². The minimum absolute atomic E-state index is 0.0628. The molecule has 0 saturated carbocycles. The van der Waals surface area contributed by atoms with Crippen molar-refractivity contribution in [2.75, 3.05) is 0 Å². The average molecular weight is 485 g/mol. The second kappa shape index (κ2) is 23.2. The van der Waals surface area contributed by atoms with Crippen molar-refractivity contribution in [2.45, 2.75) is 90.1 Å². The fourth-order valence-corrected chi connectivity index (χ4v) is 2.70. The first kappa shape index (κ1) is 33.2. The van der Waals surface area contributed by atoms with Crippen LogP contribution in [-0.4, -0.2) is 44.3 Å². The summed E-state index contributed by atoms with van der Waals surface area (Å²) in [5.74, 6) is -3.22. The van der Waals surface area contributed by atoms with Crippen LogP contribution in [0.1, 0.15) is 88.2 Å². The Hall–Kier alpha value is -2.98. The highest BCUT2D eigenvalue weighted by Crippen LogP contribution is 2.08. The monoisotopic (exact) mass is 484 g/mol. The maximum absolute atomic E-state index is 10.1. The molecule has 194 valence electrons. The molecule has 8 N–H and O–H groups in total. The number of benzene rings is 1. The van der Waals surface area contributed by atoms with Gasteiger partial charge in [-0.15, -0.1) is 0 Å². The summed E-state index contributed by atoms with van der Waals surface area (Å²) in [5, 5.41) is 33.0. The van der Waals surface area contributed by atoms with Crippen molar-refractivity contribution in [1.29, 1.82) is 0 Å². The smallest absolute Gasteiger partial charge is 0.303 e. The van der Waals surface area contributed by atoms with Crippen molar-refractivity contribution in [3.8, 4) is 0 Å². The number of carboxylic acids is 4. The Morgan fingerprint density at radius 1 is 0.529 bits per heavy atom. The zero-order valence-electron chi connectivity index (χ0n) is 19.8. The van der Waals surface area contributed by atoms with E-state index < -0.39 is 23.9 Å². The molecule has 1 rings (SSSR count). The number of nitrogens with two attached hydrogens (primary N) is 2. The molecule has 0 bridgehead atoms. The molecule has 0 aliphatic heterocycles. The van der Waals surface area contributed by atoms with Crippen molar-refractivity contribution in [3.63, 3.8) is 0 Å². The van der Waals surface area contributed by atoms with E-state index in [9.17, 15) is 19.2 Å². The molecular weight excluding hydrogens is 444 g/mol. The highest BCUT2D eigenvalue weighted by molar-refractivity contribution is 5.68. The van der Waals surface area contributed by atoms with Crippen molar-refractivity contribution < 1.29 is 39.6 Å². The lowest BCUT2D eigenvalue weighted by atomic mass is 10.1. The van der Waals surface area contributed by atoms with E-state index in [1.54, 1.807) is 0 Å². The van der Waals surface area contributed by atoms with Crippen LogP contribution in [0.5, 0.6) is 0 Å². The van der Waals surface area contributed by atoms with Gasteiger partial charge >= 0.3 is 23.9 Å². The Morgan fingerprint density at radius 3 is 1.06 bits per heavy atom. The minimum Gasteiger partial charge on any atom is -0.481 e. The molecule has 0 unspecified atom stereocenters. The van der Waals surface area contributed by atoms with E-state index in [2.05, 4.69) is 0 Å². The molecule has 34 heavy (non-hydrogen) atoms. The molecular formula is C24H40N2O8. The summed E-state index contributed by atoms with van der Waals surface area (Å²) in [7, 11) is 0. The van der Waals surface area contributed by atoms with Gasteiger partial charge in [-0.05, 0) is 36.8 Å². The first-order valence-corrected chi connectivity index (χ1v) is 11.5. The Kier molecular flexibility index (Phi) is 22.6. The number of aliphatic carboxylic acids is 4. The quantitative estimate of drug-likeness (QED) is 0.188. The van der Waals surface area contributed by atoms with Crippen molar-refractivity contribution >= 4 is 23.9 Å². The van der Waals surface area contributed by atoms with E-state index in [1.165, 1.54) is 0 Å². The van der Waals surface area contributed by atoms with E-state index >= 15 is 0 Å². The maximum atomic E-state index is 10.1. The van der Waals surface area contributed by atoms with Gasteiger partial charge in [0.05, 0.1) is 0 Å². The summed E-state index contributed by atoms with van der Waals surface area (Å²) in [5.41, 5.74) is 13.1. The van der Waals surface area contributed by atoms with E-state index in [0.717, 1.165) is 49.7 Å². The van der Waals surface area contributed by atoms with Crippen LogP contribution in [0.15, 0.2) is 24.3 Å². The molecule has 0 aromatic heterocycles. The van der Waals surface area contributed by atoms with Gasteiger partial charge in [0, 0.05) is 38.8 Å². The lowest BCUT2D eigenvalue weighted by Crippen LogP contribution is -2.00. The van der Waals surface area contributed by atoms with Crippen LogP contribution in [-0.2, 0) is 32.3 Å². The fraction of sp³-hybridized carbons (Fsp3) is 0.583.